The van der Waals surface area contributed by atoms with Crippen LogP contribution in [0.4, 0.5) is 0 Å². The number of aliphatic hydroxyl groups excluding tert-OH is 1. The summed E-state index contributed by atoms with van der Waals surface area (Å²) in [4.78, 5) is 72.6. The Hall–Kier alpha value is -1.94. The smallest absolute Gasteiger partial charge is 0.462 e. The zero-order chi connectivity index (χ0) is 68.6. The molecule has 0 saturated carbocycles. The monoisotopic (exact) mass is 1370 g/mol. The lowest BCUT2D eigenvalue weighted by Crippen LogP contribution is -2.30. The van der Waals surface area contributed by atoms with E-state index in [4.69, 9.17) is 37.0 Å². The minimum absolute atomic E-state index is 0.104. The Kier molecular flexibility index (Phi) is 64.6. The quantitative estimate of drug-likeness (QED) is 0.0222. The number of ether oxygens (including phenoxy) is 4. The van der Waals surface area contributed by atoms with Crippen LogP contribution in [-0.2, 0) is 65.4 Å². The molecule has 0 amide bonds. The first-order chi connectivity index (χ1) is 44.9. The van der Waals surface area contributed by atoms with Crippen molar-refractivity contribution < 1.29 is 80.2 Å². The Bertz CT molecular complexity index is 1810. The summed E-state index contributed by atoms with van der Waals surface area (Å²) in [5.74, 6) is -0.579. The van der Waals surface area contributed by atoms with Crippen molar-refractivity contribution in [1.29, 1.82) is 0 Å². The van der Waals surface area contributed by atoms with Crippen LogP contribution in [0.1, 0.15) is 382 Å². The summed E-state index contributed by atoms with van der Waals surface area (Å²) in [6.45, 7) is 9.56. The molecule has 17 nitrogen and oxygen atoms in total. The van der Waals surface area contributed by atoms with Crippen LogP contribution in [-0.4, -0.2) is 96.7 Å². The molecule has 0 aliphatic heterocycles. The molecule has 0 heterocycles. The molecule has 552 valence electrons. The lowest BCUT2D eigenvalue weighted by atomic mass is 9.99. The van der Waals surface area contributed by atoms with Gasteiger partial charge in [-0.05, 0) is 37.5 Å². The number of carbonyl (C=O) groups excluding carboxylic acids is 4. The number of phosphoric acid groups is 2. The number of phosphoric ester groups is 2. The Balaban J connectivity index is 5.22. The number of esters is 4. The average molecular weight is 1370 g/mol. The maximum atomic E-state index is 13.1. The Morgan fingerprint density at radius 2 is 0.548 bits per heavy atom. The highest BCUT2D eigenvalue weighted by molar-refractivity contribution is 7.47. The third-order valence-corrected chi connectivity index (χ3v) is 19.5. The van der Waals surface area contributed by atoms with Crippen molar-refractivity contribution in [2.45, 2.75) is 400 Å². The van der Waals surface area contributed by atoms with Crippen LogP contribution in [0.25, 0.3) is 0 Å². The molecule has 0 rings (SSSR count). The number of hydrogen-bond donors (Lipinski definition) is 3. The second kappa shape index (κ2) is 66.0. The zero-order valence-electron chi connectivity index (χ0n) is 60.6. The molecule has 0 radical (unpaired) electrons. The molecule has 19 heteroatoms. The van der Waals surface area contributed by atoms with Gasteiger partial charge in [-0.25, -0.2) is 9.13 Å². The van der Waals surface area contributed by atoms with Crippen LogP contribution in [0.2, 0.25) is 0 Å². The van der Waals surface area contributed by atoms with Gasteiger partial charge < -0.3 is 33.8 Å². The van der Waals surface area contributed by atoms with Crippen LogP contribution in [0, 0.1) is 11.8 Å². The SMILES string of the molecule is CCCCCCCCCCCCCCCCCCC(=O)OC[C@H](COP(=O)(O)OC[C@@H](O)COP(=O)(O)OC[C@@H](COC(=O)CCCCCCCCCCC)OC(=O)CCCCCCCCCC(C)C)OC(=O)CCCCCCCCCCCCCCCCC(C)CC. The molecule has 0 aliphatic carbocycles. The van der Waals surface area contributed by atoms with Crippen molar-refractivity contribution in [1.82, 2.24) is 0 Å². The summed E-state index contributed by atoms with van der Waals surface area (Å²) in [6, 6.07) is 0. The van der Waals surface area contributed by atoms with Gasteiger partial charge in [0, 0.05) is 25.7 Å². The molecule has 0 aromatic carbocycles. The van der Waals surface area contributed by atoms with E-state index in [2.05, 4.69) is 41.5 Å². The standard InChI is InChI=1S/C74H144O17P2/c1-7-10-12-14-16-18-19-20-21-22-26-29-33-39-45-51-57-72(77)85-62-69(90-73(78)58-52-46-40-34-30-27-24-23-25-28-32-37-43-49-55-67(6)9-3)64-88-92(80,81)86-60-68(75)61-87-93(82,83)89-65-70(63-84-71(76)56-50-44-38-31-17-15-13-11-8-2)91-74(79)59-53-47-41-35-36-42-48-54-66(4)5/h66-70,75H,7-65H2,1-6H3,(H,80,81)(H,82,83)/t67?,68-,69-,70-/m1/s1. The van der Waals surface area contributed by atoms with Gasteiger partial charge in [-0.15, -0.1) is 0 Å². The van der Waals surface area contributed by atoms with Gasteiger partial charge in [0.05, 0.1) is 26.4 Å². The summed E-state index contributed by atoms with van der Waals surface area (Å²) < 4.78 is 68.4. The van der Waals surface area contributed by atoms with Crippen molar-refractivity contribution >= 4 is 39.5 Å². The third-order valence-electron chi connectivity index (χ3n) is 17.6. The molecule has 0 saturated heterocycles. The Morgan fingerprint density at radius 1 is 0.312 bits per heavy atom. The van der Waals surface area contributed by atoms with Gasteiger partial charge in [0.2, 0.25) is 0 Å². The largest absolute Gasteiger partial charge is 0.472 e. The Morgan fingerprint density at radius 3 is 0.817 bits per heavy atom. The molecule has 3 unspecified atom stereocenters. The number of rotatable bonds is 73. The maximum Gasteiger partial charge on any atom is 0.472 e. The van der Waals surface area contributed by atoms with Crippen LogP contribution < -0.4 is 0 Å². The first-order valence-electron chi connectivity index (χ1n) is 38.5. The minimum atomic E-state index is -4.96. The van der Waals surface area contributed by atoms with Gasteiger partial charge in [0.1, 0.15) is 19.3 Å². The predicted octanol–water partition coefficient (Wildman–Crippen LogP) is 21.6. The van der Waals surface area contributed by atoms with E-state index in [1.807, 2.05) is 0 Å². The first-order valence-corrected chi connectivity index (χ1v) is 41.5. The van der Waals surface area contributed by atoms with E-state index in [1.165, 1.54) is 199 Å². The molecule has 93 heavy (non-hydrogen) atoms. The summed E-state index contributed by atoms with van der Waals surface area (Å²) >= 11 is 0. The fraction of sp³-hybridized carbons (Fsp3) is 0.946. The fourth-order valence-corrected chi connectivity index (χ4v) is 12.8. The summed E-state index contributed by atoms with van der Waals surface area (Å²) in [5, 5.41) is 10.6. The molecule has 0 aliphatic rings. The molecule has 3 N–H and O–H groups in total. The number of aliphatic hydroxyl groups is 1. The number of hydrogen-bond acceptors (Lipinski definition) is 15. The summed E-state index contributed by atoms with van der Waals surface area (Å²) in [6.07, 6.45) is 52.8. The van der Waals surface area contributed by atoms with Gasteiger partial charge in [0.15, 0.2) is 12.2 Å². The van der Waals surface area contributed by atoms with Crippen molar-refractivity contribution in [2.24, 2.45) is 11.8 Å². The predicted molar refractivity (Wildman–Crippen MR) is 377 cm³/mol. The van der Waals surface area contributed by atoms with E-state index < -0.39 is 97.5 Å². The second-order valence-corrected chi connectivity index (χ2v) is 30.3. The lowest BCUT2D eigenvalue weighted by Gasteiger charge is -2.21. The second-order valence-electron chi connectivity index (χ2n) is 27.4. The van der Waals surface area contributed by atoms with Crippen LogP contribution in [0.5, 0.6) is 0 Å². The van der Waals surface area contributed by atoms with E-state index in [9.17, 15) is 43.2 Å². The fourth-order valence-electron chi connectivity index (χ4n) is 11.3. The van der Waals surface area contributed by atoms with Gasteiger partial charge in [-0.3, -0.25) is 37.3 Å². The molecule has 6 atom stereocenters. The highest BCUT2D eigenvalue weighted by Crippen LogP contribution is 2.45. The minimum Gasteiger partial charge on any atom is -0.462 e. The van der Waals surface area contributed by atoms with Gasteiger partial charge in [-0.2, -0.15) is 0 Å². The maximum absolute atomic E-state index is 13.1. The molecule has 0 aromatic rings. The van der Waals surface area contributed by atoms with Crippen molar-refractivity contribution in [3.8, 4) is 0 Å². The highest BCUT2D eigenvalue weighted by Gasteiger charge is 2.30. The van der Waals surface area contributed by atoms with E-state index in [0.29, 0.717) is 31.6 Å². The zero-order valence-corrected chi connectivity index (χ0v) is 62.3. The third kappa shape index (κ3) is 67.0. The Labute approximate surface area is 568 Å². The van der Waals surface area contributed by atoms with E-state index in [0.717, 1.165) is 95.8 Å². The molecular formula is C74H144O17P2. The number of unbranched alkanes of at least 4 members (excludes halogenated alkanes) is 42. The van der Waals surface area contributed by atoms with Gasteiger partial charge >= 0.3 is 39.5 Å². The van der Waals surface area contributed by atoms with E-state index >= 15 is 0 Å². The normalized spacial score (nSPS) is 14.3. The van der Waals surface area contributed by atoms with Crippen LogP contribution in [0.3, 0.4) is 0 Å². The van der Waals surface area contributed by atoms with Crippen molar-refractivity contribution in [2.75, 3.05) is 39.6 Å². The van der Waals surface area contributed by atoms with Crippen molar-refractivity contribution in [3.63, 3.8) is 0 Å². The summed E-state index contributed by atoms with van der Waals surface area (Å²) in [7, 11) is -9.90. The van der Waals surface area contributed by atoms with Gasteiger partial charge in [0.25, 0.3) is 0 Å². The van der Waals surface area contributed by atoms with E-state index in [1.54, 1.807) is 0 Å². The van der Waals surface area contributed by atoms with Crippen LogP contribution >= 0.6 is 15.6 Å². The first kappa shape index (κ1) is 91.1. The molecule has 0 fully saturated rings. The van der Waals surface area contributed by atoms with Gasteiger partial charge in [-0.1, -0.05) is 330 Å². The van der Waals surface area contributed by atoms with Crippen molar-refractivity contribution in [3.05, 3.63) is 0 Å². The average Bonchev–Trinajstić information content (AvgIpc) is 1.63. The molecular weight excluding hydrogens is 1220 g/mol. The number of carbonyl (C=O) groups is 4. The molecule has 0 bridgehead atoms. The lowest BCUT2D eigenvalue weighted by molar-refractivity contribution is -0.161. The summed E-state index contributed by atoms with van der Waals surface area (Å²) in [5.41, 5.74) is 0. The molecule has 0 aromatic heterocycles. The molecule has 0 spiro atoms. The topological polar surface area (TPSA) is 237 Å². The van der Waals surface area contributed by atoms with E-state index in [-0.39, 0.29) is 25.7 Å². The van der Waals surface area contributed by atoms with Crippen LogP contribution in [0.15, 0.2) is 0 Å². The highest BCUT2D eigenvalue weighted by atomic mass is 31.2.